The summed E-state index contributed by atoms with van der Waals surface area (Å²) in [5.41, 5.74) is 0.664. The van der Waals surface area contributed by atoms with Gasteiger partial charge in [-0.2, -0.15) is 4.98 Å². The first-order valence-electron chi connectivity index (χ1n) is 6.97. The fourth-order valence-electron chi connectivity index (χ4n) is 2.54. The van der Waals surface area contributed by atoms with Crippen LogP contribution >= 0.6 is 11.6 Å². The number of rotatable bonds is 3. The molecule has 0 amide bonds. The standard InChI is InChI=1S/C14H17ClN4O2/c1-9-7-19(6-4-11(9)20)8-12-17-14(18-21-12)10-3-2-5-16-13(10)15/h2-3,5,9,11,20H,4,6-8H2,1H3/t9-,11-/m0/s1. The molecular formula is C14H17ClN4O2. The topological polar surface area (TPSA) is 75.3 Å². The second kappa shape index (κ2) is 6.09. The maximum absolute atomic E-state index is 9.75. The molecule has 1 saturated heterocycles. The van der Waals surface area contributed by atoms with Gasteiger partial charge in [0.1, 0.15) is 5.15 Å². The molecule has 0 saturated carbocycles. The zero-order chi connectivity index (χ0) is 14.8. The number of nitrogens with zero attached hydrogens (tertiary/aromatic N) is 4. The molecule has 0 spiro atoms. The average molecular weight is 309 g/mol. The molecule has 0 bridgehead atoms. The predicted octanol–water partition coefficient (Wildman–Crippen LogP) is 1.99. The van der Waals surface area contributed by atoms with Crippen LogP contribution in [0.2, 0.25) is 5.15 Å². The van der Waals surface area contributed by atoms with Crippen molar-refractivity contribution < 1.29 is 9.63 Å². The Morgan fingerprint density at radius 1 is 1.52 bits per heavy atom. The maximum atomic E-state index is 9.75. The van der Waals surface area contributed by atoms with Crippen molar-refractivity contribution in [2.45, 2.75) is 26.0 Å². The van der Waals surface area contributed by atoms with E-state index in [0.717, 1.165) is 19.5 Å². The molecule has 1 aliphatic heterocycles. The average Bonchev–Trinajstić information content (AvgIpc) is 2.92. The molecule has 0 unspecified atom stereocenters. The van der Waals surface area contributed by atoms with Gasteiger partial charge in [-0.05, 0) is 24.5 Å². The van der Waals surface area contributed by atoms with Crippen molar-refractivity contribution in [1.82, 2.24) is 20.0 Å². The number of hydrogen-bond donors (Lipinski definition) is 1. The van der Waals surface area contributed by atoms with Crippen molar-refractivity contribution in [1.29, 1.82) is 0 Å². The Labute approximate surface area is 127 Å². The van der Waals surface area contributed by atoms with E-state index in [1.54, 1.807) is 12.3 Å². The first kappa shape index (κ1) is 14.4. The van der Waals surface area contributed by atoms with Crippen molar-refractivity contribution in [3.8, 4) is 11.4 Å². The molecule has 112 valence electrons. The Kier molecular flexibility index (Phi) is 4.19. The number of aliphatic hydroxyl groups excluding tert-OH is 1. The van der Waals surface area contributed by atoms with Gasteiger partial charge in [0.15, 0.2) is 0 Å². The van der Waals surface area contributed by atoms with E-state index in [1.165, 1.54) is 0 Å². The van der Waals surface area contributed by atoms with E-state index in [-0.39, 0.29) is 12.0 Å². The largest absolute Gasteiger partial charge is 0.393 e. The Bertz CT molecular complexity index is 619. The third-order valence-electron chi connectivity index (χ3n) is 3.77. The van der Waals surface area contributed by atoms with Gasteiger partial charge < -0.3 is 9.63 Å². The molecule has 0 aliphatic carbocycles. The maximum Gasteiger partial charge on any atom is 0.241 e. The highest BCUT2D eigenvalue weighted by molar-refractivity contribution is 6.31. The van der Waals surface area contributed by atoms with Crippen molar-refractivity contribution in [2.75, 3.05) is 13.1 Å². The number of piperidine rings is 1. The lowest BCUT2D eigenvalue weighted by Crippen LogP contribution is -2.41. The summed E-state index contributed by atoms with van der Waals surface area (Å²) in [5.74, 6) is 1.26. The lowest BCUT2D eigenvalue weighted by atomic mass is 9.97. The number of pyridine rings is 1. The van der Waals surface area contributed by atoms with Gasteiger partial charge in [0, 0.05) is 19.3 Å². The molecule has 0 aromatic carbocycles. The summed E-state index contributed by atoms with van der Waals surface area (Å²) in [6.07, 6.45) is 2.18. The molecule has 3 heterocycles. The van der Waals surface area contributed by atoms with Crippen molar-refractivity contribution in [3.63, 3.8) is 0 Å². The highest BCUT2D eigenvalue weighted by atomic mass is 35.5. The van der Waals surface area contributed by atoms with E-state index in [0.29, 0.717) is 29.0 Å². The normalized spacial score (nSPS) is 23.4. The fraction of sp³-hybridized carbons (Fsp3) is 0.500. The highest BCUT2D eigenvalue weighted by Gasteiger charge is 2.25. The first-order chi connectivity index (χ1) is 10.1. The number of aromatic nitrogens is 3. The van der Waals surface area contributed by atoms with Crippen molar-refractivity contribution in [3.05, 3.63) is 29.4 Å². The molecule has 1 fully saturated rings. The van der Waals surface area contributed by atoms with Crippen LogP contribution in [0.4, 0.5) is 0 Å². The van der Waals surface area contributed by atoms with Crippen LogP contribution in [0.15, 0.2) is 22.9 Å². The van der Waals surface area contributed by atoms with Crippen LogP contribution < -0.4 is 0 Å². The second-order valence-corrected chi connectivity index (χ2v) is 5.78. The Balaban J connectivity index is 1.70. The van der Waals surface area contributed by atoms with Gasteiger partial charge in [0.05, 0.1) is 18.2 Å². The summed E-state index contributed by atoms with van der Waals surface area (Å²) < 4.78 is 5.29. The third-order valence-corrected chi connectivity index (χ3v) is 4.07. The van der Waals surface area contributed by atoms with Crippen LogP contribution in [-0.2, 0) is 6.54 Å². The fourth-order valence-corrected chi connectivity index (χ4v) is 2.74. The van der Waals surface area contributed by atoms with Gasteiger partial charge in [-0.15, -0.1) is 0 Å². The lowest BCUT2D eigenvalue weighted by Gasteiger charge is -2.33. The summed E-state index contributed by atoms with van der Waals surface area (Å²) in [7, 11) is 0. The van der Waals surface area contributed by atoms with Crippen LogP contribution in [0.3, 0.4) is 0 Å². The van der Waals surface area contributed by atoms with Crippen LogP contribution in [0, 0.1) is 5.92 Å². The molecule has 7 heteroatoms. The SMILES string of the molecule is C[C@H]1CN(Cc2nc(-c3cccnc3Cl)no2)CC[C@@H]1O. The first-order valence-corrected chi connectivity index (χ1v) is 7.35. The van der Waals surface area contributed by atoms with Gasteiger partial charge in [0.25, 0.3) is 0 Å². The van der Waals surface area contributed by atoms with Gasteiger partial charge >= 0.3 is 0 Å². The zero-order valence-corrected chi connectivity index (χ0v) is 12.5. The highest BCUT2D eigenvalue weighted by Crippen LogP contribution is 2.24. The third kappa shape index (κ3) is 3.23. The molecule has 3 rings (SSSR count). The summed E-state index contributed by atoms with van der Waals surface area (Å²) >= 11 is 6.02. The molecule has 1 N–H and O–H groups in total. The number of hydrogen-bond acceptors (Lipinski definition) is 6. The van der Waals surface area contributed by atoms with Crippen molar-refractivity contribution >= 4 is 11.6 Å². The van der Waals surface area contributed by atoms with Gasteiger partial charge in [-0.3, -0.25) is 4.90 Å². The minimum atomic E-state index is -0.214. The van der Waals surface area contributed by atoms with Gasteiger partial charge in [-0.25, -0.2) is 4.98 Å². The van der Waals surface area contributed by atoms with E-state index in [9.17, 15) is 5.11 Å². The van der Waals surface area contributed by atoms with E-state index in [2.05, 4.69) is 20.0 Å². The molecule has 1 aliphatic rings. The quantitative estimate of drug-likeness (QED) is 0.874. The molecule has 6 nitrogen and oxygen atoms in total. The Hall–Kier alpha value is -1.50. The molecule has 2 aromatic rings. The molecule has 2 atom stereocenters. The molecule has 2 aromatic heterocycles. The minimum Gasteiger partial charge on any atom is -0.393 e. The number of aliphatic hydroxyl groups is 1. The number of halogens is 1. The Morgan fingerprint density at radius 2 is 2.38 bits per heavy atom. The second-order valence-electron chi connectivity index (χ2n) is 5.42. The summed E-state index contributed by atoms with van der Waals surface area (Å²) in [5, 5.41) is 14.1. The zero-order valence-electron chi connectivity index (χ0n) is 11.7. The van der Waals surface area contributed by atoms with E-state index in [4.69, 9.17) is 16.1 Å². The summed E-state index contributed by atoms with van der Waals surface area (Å²) in [4.78, 5) is 10.6. The molecule has 21 heavy (non-hydrogen) atoms. The monoisotopic (exact) mass is 308 g/mol. The van der Waals surface area contributed by atoms with Crippen LogP contribution in [-0.4, -0.2) is 44.3 Å². The lowest BCUT2D eigenvalue weighted by molar-refractivity contribution is 0.0282. The van der Waals surface area contributed by atoms with Gasteiger partial charge in [-0.1, -0.05) is 23.7 Å². The summed E-state index contributed by atoms with van der Waals surface area (Å²) in [6, 6.07) is 3.59. The molecule has 0 radical (unpaired) electrons. The smallest absolute Gasteiger partial charge is 0.241 e. The minimum absolute atomic E-state index is 0.214. The van der Waals surface area contributed by atoms with E-state index >= 15 is 0 Å². The van der Waals surface area contributed by atoms with Crippen LogP contribution in [0.1, 0.15) is 19.2 Å². The predicted molar refractivity (Wildman–Crippen MR) is 77.6 cm³/mol. The van der Waals surface area contributed by atoms with Crippen LogP contribution in [0.5, 0.6) is 0 Å². The van der Waals surface area contributed by atoms with E-state index < -0.39 is 0 Å². The van der Waals surface area contributed by atoms with Gasteiger partial charge in [0.2, 0.25) is 11.7 Å². The van der Waals surface area contributed by atoms with E-state index in [1.807, 2.05) is 13.0 Å². The summed E-state index contributed by atoms with van der Waals surface area (Å²) in [6.45, 7) is 4.29. The molecular weight excluding hydrogens is 292 g/mol. The van der Waals surface area contributed by atoms with Crippen molar-refractivity contribution in [2.24, 2.45) is 5.92 Å². The number of likely N-dealkylation sites (tertiary alicyclic amines) is 1. The van der Waals surface area contributed by atoms with Crippen LogP contribution in [0.25, 0.3) is 11.4 Å². The Morgan fingerprint density at radius 3 is 3.14 bits per heavy atom.